The maximum absolute atomic E-state index is 13.3. The second kappa shape index (κ2) is 5.77. The van der Waals surface area contributed by atoms with Crippen LogP contribution in [0.1, 0.15) is 0 Å². The number of nitrogens with one attached hydrogen (secondary N) is 1. The highest BCUT2D eigenvalue weighted by molar-refractivity contribution is 5.71. The molecule has 1 rings (SSSR count). The van der Waals surface area contributed by atoms with Gasteiger partial charge in [-0.15, -0.1) is 0 Å². The van der Waals surface area contributed by atoms with Crippen LogP contribution in [0.3, 0.4) is 0 Å². The number of hydrogen-bond donors (Lipinski definition) is 2. The van der Waals surface area contributed by atoms with Crippen molar-refractivity contribution in [1.29, 1.82) is 0 Å². The Morgan fingerprint density at radius 1 is 1.47 bits per heavy atom. The molecule has 0 aromatic heterocycles. The van der Waals surface area contributed by atoms with Crippen LogP contribution in [0.15, 0.2) is 18.2 Å². The Kier molecular flexibility index (Phi) is 4.57. The van der Waals surface area contributed by atoms with Gasteiger partial charge in [0.25, 0.3) is 0 Å². The molecule has 0 saturated carbocycles. The van der Waals surface area contributed by atoms with E-state index in [0.29, 0.717) is 0 Å². The molecular formula is C11H11F4NO3. The number of rotatable bonds is 5. The predicted molar refractivity (Wildman–Crippen MR) is 58.6 cm³/mol. The van der Waals surface area contributed by atoms with Gasteiger partial charge < -0.3 is 15.2 Å². The average molecular weight is 281 g/mol. The van der Waals surface area contributed by atoms with Crippen LogP contribution in [0.2, 0.25) is 0 Å². The van der Waals surface area contributed by atoms with Crippen LogP contribution in [-0.2, 0) is 4.79 Å². The molecule has 0 fully saturated rings. The van der Waals surface area contributed by atoms with Crippen molar-refractivity contribution in [2.45, 2.75) is 6.18 Å². The Hall–Kier alpha value is -1.99. The number of anilines is 1. The van der Waals surface area contributed by atoms with Gasteiger partial charge in [-0.05, 0) is 12.1 Å². The van der Waals surface area contributed by atoms with Gasteiger partial charge in [0.15, 0.2) is 17.5 Å². The van der Waals surface area contributed by atoms with Crippen LogP contribution in [0, 0.1) is 11.7 Å². The van der Waals surface area contributed by atoms with Gasteiger partial charge in [0.2, 0.25) is 0 Å². The highest BCUT2D eigenvalue weighted by atomic mass is 19.4. The van der Waals surface area contributed by atoms with Crippen molar-refractivity contribution in [3.8, 4) is 5.75 Å². The smallest absolute Gasteiger partial charge is 0.403 e. The topological polar surface area (TPSA) is 58.6 Å². The van der Waals surface area contributed by atoms with Crippen molar-refractivity contribution in [2.24, 2.45) is 5.92 Å². The molecule has 0 aliphatic heterocycles. The molecule has 106 valence electrons. The number of ether oxygens (including phenoxy) is 1. The number of halogens is 4. The second-order valence-electron chi connectivity index (χ2n) is 3.66. The van der Waals surface area contributed by atoms with Crippen molar-refractivity contribution >= 4 is 11.7 Å². The van der Waals surface area contributed by atoms with E-state index < -0.39 is 30.4 Å². The molecule has 0 bridgehead atoms. The molecule has 0 aliphatic rings. The lowest BCUT2D eigenvalue weighted by Crippen LogP contribution is -2.36. The average Bonchev–Trinajstić information content (AvgIpc) is 2.27. The van der Waals surface area contributed by atoms with E-state index in [4.69, 9.17) is 5.11 Å². The van der Waals surface area contributed by atoms with Crippen LogP contribution >= 0.6 is 0 Å². The zero-order valence-corrected chi connectivity index (χ0v) is 9.79. The summed E-state index contributed by atoms with van der Waals surface area (Å²) in [4.78, 5) is 10.5. The fourth-order valence-corrected chi connectivity index (χ4v) is 1.34. The number of benzene rings is 1. The summed E-state index contributed by atoms with van der Waals surface area (Å²) in [5.41, 5.74) is 0.0359. The van der Waals surface area contributed by atoms with Crippen LogP contribution in [-0.4, -0.2) is 30.9 Å². The highest BCUT2D eigenvalue weighted by Crippen LogP contribution is 2.27. The number of methoxy groups -OCH3 is 1. The van der Waals surface area contributed by atoms with Crippen molar-refractivity contribution in [3.63, 3.8) is 0 Å². The van der Waals surface area contributed by atoms with Gasteiger partial charge in [-0.1, -0.05) is 0 Å². The highest BCUT2D eigenvalue weighted by Gasteiger charge is 2.44. The van der Waals surface area contributed by atoms with E-state index in [2.05, 4.69) is 10.1 Å². The number of alkyl halides is 3. The number of aliphatic carboxylic acids is 1. The first-order chi connectivity index (χ1) is 8.75. The molecule has 8 heteroatoms. The number of carboxylic acids is 1. The monoisotopic (exact) mass is 281 g/mol. The summed E-state index contributed by atoms with van der Waals surface area (Å²) in [6.45, 7) is -0.884. The molecule has 0 radical (unpaired) electrons. The SMILES string of the molecule is COc1ccc(NCC(C(=O)O)C(F)(F)F)cc1F. The minimum absolute atomic E-state index is 0.0359. The van der Waals surface area contributed by atoms with Gasteiger partial charge in [-0.3, -0.25) is 4.79 Å². The van der Waals surface area contributed by atoms with Gasteiger partial charge >= 0.3 is 12.1 Å². The van der Waals surface area contributed by atoms with Gasteiger partial charge in [-0.2, -0.15) is 13.2 Å². The summed E-state index contributed by atoms with van der Waals surface area (Å²) in [5.74, 6) is -5.37. The normalized spacial score (nSPS) is 12.9. The fourth-order valence-electron chi connectivity index (χ4n) is 1.34. The summed E-state index contributed by atoms with van der Waals surface area (Å²) in [7, 11) is 1.25. The largest absolute Gasteiger partial charge is 0.494 e. The van der Waals surface area contributed by atoms with E-state index in [-0.39, 0.29) is 11.4 Å². The number of hydrogen-bond acceptors (Lipinski definition) is 3. The minimum atomic E-state index is -4.87. The molecule has 19 heavy (non-hydrogen) atoms. The molecular weight excluding hydrogens is 270 g/mol. The second-order valence-corrected chi connectivity index (χ2v) is 3.66. The zero-order valence-electron chi connectivity index (χ0n) is 9.79. The van der Waals surface area contributed by atoms with Crippen molar-refractivity contribution in [3.05, 3.63) is 24.0 Å². The van der Waals surface area contributed by atoms with Crippen LogP contribution in [0.25, 0.3) is 0 Å². The Labute approximate surface area is 106 Å². The summed E-state index contributed by atoms with van der Waals surface area (Å²) in [6, 6.07) is 3.44. The molecule has 1 unspecified atom stereocenters. The first kappa shape index (κ1) is 15.1. The molecule has 1 aromatic carbocycles. The Bertz CT molecular complexity index is 462. The van der Waals surface area contributed by atoms with E-state index in [1.54, 1.807) is 0 Å². The van der Waals surface area contributed by atoms with E-state index in [9.17, 15) is 22.4 Å². The Balaban J connectivity index is 2.75. The molecule has 0 spiro atoms. The molecule has 1 atom stereocenters. The molecule has 4 nitrogen and oxygen atoms in total. The van der Waals surface area contributed by atoms with Gasteiger partial charge in [0, 0.05) is 18.3 Å². The summed E-state index contributed by atoms with van der Waals surface area (Å²) in [6.07, 6.45) is -4.87. The van der Waals surface area contributed by atoms with E-state index in [1.807, 2.05) is 0 Å². The quantitative estimate of drug-likeness (QED) is 0.814. The van der Waals surface area contributed by atoms with Crippen molar-refractivity contribution < 1.29 is 32.2 Å². The van der Waals surface area contributed by atoms with Crippen LogP contribution in [0.4, 0.5) is 23.2 Å². The fraction of sp³-hybridized carbons (Fsp3) is 0.364. The molecule has 1 aromatic rings. The van der Waals surface area contributed by atoms with E-state index in [1.165, 1.54) is 19.2 Å². The molecule has 2 N–H and O–H groups in total. The van der Waals surface area contributed by atoms with Crippen molar-refractivity contribution in [1.82, 2.24) is 0 Å². The van der Waals surface area contributed by atoms with Crippen molar-refractivity contribution in [2.75, 3.05) is 19.0 Å². The third-order valence-electron chi connectivity index (χ3n) is 2.36. The first-order valence-corrected chi connectivity index (χ1v) is 5.12. The summed E-state index contributed by atoms with van der Waals surface area (Å²) >= 11 is 0. The minimum Gasteiger partial charge on any atom is -0.494 e. The molecule has 0 heterocycles. The first-order valence-electron chi connectivity index (χ1n) is 5.12. The third-order valence-corrected chi connectivity index (χ3v) is 2.36. The third kappa shape index (κ3) is 4.01. The standard InChI is InChI=1S/C11H11F4NO3/c1-19-9-3-2-6(4-8(9)12)16-5-7(10(17)18)11(13,14)15/h2-4,7,16H,5H2,1H3,(H,17,18). The Morgan fingerprint density at radius 2 is 2.11 bits per heavy atom. The molecule has 0 aliphatic carbocycles. The predicted octanol–water partition coefficient (Wildman–Crippen LogP) is 2.51. The zero-order chi connectivity index (χ0) is 14.6. The summed E-state index contributed by atoms with van der Waals surface area (Å²) in [5, 5.41) is 10.7. The van der Waals surface area contributed by atoms with Gasteiger partial charge in [-0.25, -0.2) is 4.39 Å². The van der Waals surface area contributed by atoms with Crippen LogP contribution < -0.4 is 10.1 Å². The number of carboxylic acid groups (broad SMARTS) is 1. The lowest BCUT2D eigenvalue weighted by Gasteiger charge is -2.17. The lowest BCUT2D eigenvalue weighted by atomic mass is 10.1. The van der Waals surface area contributed by atoms with E-state index >= 15 is 0 Å². The molecule has 0 amide bonds. The lowest BCUT2D eigenvalue weighted by molar-refractivity contribution is -0.190. The van der Waals surface area contributed by atoms with Crippen LogP contribution in [0.5, 0.6) is 5.75 Å². The molecule has 0 saturated heterocycles. The maximum atomic E-state index is 13.3. The van der Waals surface area contributed by atoms with Gasteiger partial charge in [0.1, 0.15) is 0 Å². The van der Waals surface area contributed by atoms with E-state index in [0.717, 1.165) is 6.07 Å². The summed E-state index contributed by atoms with van der Waals surface area (Å²) < 4.78 is 55.0. The Morgan fingerprint density at radius 3 is 2.53 bits per heavy atom. The van der Waals surface area contributed by atoms with Gasteiger partial charge in [0.05, 0.1) is 7.11 Å². The maximum Gasteiger partial charge on any atom is 0.403 e. The number of carbonyl (C=O) groups is 1.